The number of ether oxygens (including phenoxy) is 1. The number of aliphatic hydroxyl groups is 1. The number of carbonyl (C=O) groups excluding carboxylic acids is 2. The zero-order chi connectivity index (χ0) is 52.3. The molecule has 12 rings (SSSR count). The minimum absolute atomic E-state index is 0. The molecule has 0 unspecified atom stereocenters. The van der Waals surface area contributed by atoms with E-state index >= 15 is 0 Å². The van der Waals surface area contributed by atoms with Gasteiger partial charge in [-0.15, -0.1) is 0 Å². The Balaban J connectivity index is 0.000000155. The second kappa shape index (κ2) is 25.0. The number of benzene rings is 3. The number of aromatic nitrogens is 6. The Labute approximate surface area is 443 Å². The number of aliphatic hydroxyl groups excluding tert-OH is 1. The van der Waals surface area contributed by atoms with Crippen LogP contribution in [0, 0.1) is 0 Å². The van der Waals surface area contributed by atoms with Crippen molar-refractivity contribution >= 4 is 35.4 Å². The van der Waals surface area contributed by atoms with Crippen LogP contribution in [0.4, 0.5) is 0 Å². The summed E-state index contributed by atoms with van der Waals surface area (Å²) in [6.45, 7) is 9.66. The summed E-state index contributed by atoms with van der Waals surface area (Å²) in [7, 11) is 6.57. The third-order valence-corrected chi connectivity index (χ3v) is 15.5. The Morgan fingerprint density at radius 3 is 1.48 bits per heavy atom. The number of piperidine rings is 3. The Morgan fingerprint density at radius 2 is 1.01 bits per heavy atom. The highest BCUT2D eigenvalue weighted by molar-refractivity contribution is 5.85. The molecule has 15 heteroatoms. The fourth-order valence-electron chi connectivity index (χ4n) is 11.3. The molecule has 3 aromatic carbocycles. The molecule has 396 valence electrons. The molecular weight excluding hydrogens is 943 g/mol. The largest absolute Gasteiger partial charge is 0.481 e. The molecule has 3 aromatic heterocycles. The number of nitrogens with zero attached hydrogens (tertiary/aromatic N) is 9. The first kappa shape index (κ1) is 52.8. The number of imidazole rings is 3. The number of hydrogen-bond acceptors (Lipinski definition) is 11. The summed E-state index contributed by atoms with van der Waals surface area (Å²) in [5.41, 5.74) is 18.4. The van der Waals surface area contributed by atoms with E-state index in [1.807, 2.05) is 12.4 Å². The van der Waals surface area contributed by atoms with Crippen molar-refractivity contribution in [1.29, 1.82) is 0 Å². The molecule has 6 aliphatic rings. The van der Waals surface area contributed by atoms with Crippen molar-refractivity contribution in [3.05, 3.63) is 177 Å². The van der Waals surface area contributed by atoms with Crippen LogP contribution < -0.4 is 0 Å². The number of carboxylic acid groups (broad SMARTS) is 1. The number of carbonyl (C=O) groups is 3. The lowest BCUT2D eigenvalue weighted by Gasteiger charge is -2.26. The smallest absolute Gasteiger partial charge is 0.306 e. The van der Waals surface area contributed by atoms with Gasteiger partial charge in [0.1, 0.15) is 29.8 Å². The predicted molar refractivity (Wildman–Crippen MR) is 295 cm³/mol. The SMILES string of the molecule is CN1CCC(=C2c3ccccc3CCn3c(C=O)cnc32)CC1.CN1CCC(=C2c3ccccc3CCn3c(CO)cnc32)CC1.CN1CCC(=C2c3ccccc3CCn3ccnc32)CC1.O=COCCC(=O)O.[2HH].[2HH]. The first-order valence-corrected chi connectivity index (χ1v) is 26.6. The van der Waals surface area contributed by atoms with Crippen molar-refractivity contribution in [2.75, 3.05) is 67.0 Å². The Bertz CT molecular complexity index is 3070. The number of fused-ring (bicyclic) bond motifs is 6. The lowest BCUT2D eigenvalue weighted by atomic mass is 9.90. The third-order valence-electron chi connectivity index (χ3n) is 15.5. The van der Waals surface area contributed by atoms with Crippen molar-refractivity contribution in [3.8, 4) is 0 Å². The number of carboxylic acids is 1. The van der Waals surface area contributed by atoms with E-state index in [9.17, 15) is 19.5 Å². The maximum absolute atomic E-state index is 11.4. The summed E-state index contributed by atoms with van der Waals surface area (Å²) >= 11 is 0. The molecule has 2 N–H and O–H groups in total. The Morgan fingerprint density at radius 1 is 0.573 bits per heavy atom. The molecule has 0 aliphatic carbocycles. The molecule has 6 aromatic rings. The monoisotopic (exact) mass is 1020 g/mol. The molecule has 0 bridgehead atoms. The van der Waals surface area contributed by atoms with Crippen LogP contribution in [-0.4, -0.2) is 139 Å². The summed E-state index contributed by atoms with van der Waals surface area (Å²) in [5.74, 6) is 2.21. The molecule has 0 saturated carbocycles. The first-order chi connectivity index (χ1) is 36.6. The number of aryl methyl sites for hydroxylation is 4. The third kappa shape index (κ3) is 12.2. The van der Waals surface area contributed by atoms with Gasteiger partial charge in [-0.1, -0.05) is 89.5 Å². The van der Waals surface area contributed by atoms with Crippen LogP contribution >= 0.6 is 0 Å². The summed E-state index contributed by atoms with van der Waals surface area (Å²) in [5, 5.41) is 17.6. The minimum atomic E-state index is -0.966. The second-order valence-corrected chi connectivity index (χ2v) is 20.3. The predicted octanol–water partition coefficient (Wildman–Crippen LogP) is 8.33. The number of hydrogen-bond donors (Lipinski definition) is 2. The first-order valence-electron chi connectivity index (χ1n) is 26.6. The molecule has 0 radical (unpaired) electrons. The topological polar surface area (TPSA) is 164 Å². The van der Waals surface area contributed by atoms with Crippen molar-refractivity contribution in [2.24, 2.45) is 0 Å². The highest BCUT2D eigenvalue weighted by atomic mass is 16.5. The van der Waals surface area contributed by atoms with Gasteiger partial charge in [0.2, 0.25) is 0 Å². The molecule has 0 amide bonds. The lowest BCUT2D eigenvalue weighted by molar-refractivity contribution is -0.139. The van der Waals surface area contributed by atoms with E-state index in [1.165, 1.54) is 67.1 Å². The molecule has 3 saturated heterocycles. The summed E-state index contributed by atoms with van der Waals surface area (Å²) in [6, 6.07) is 26.2. The molecule has 75 heavy (non-hydrogen) atoms. The molecular formula is C60H75N9O6. The highest BCUT2D eigenvalue weighted by Crippen LogP contribution is 2.39. The van der Waals surface area contributed by atoms with Crippen LogP contribution in [0.1, 0.15) is 115 Å². The molecule has 6 aliphatic heterocycles. The van der Waals surface area contributed by atoms with Crippen LogP contribution in [-0.2, 0) is 59.8 Å². The second-order valence-electron chi connectivity index (χ2n) is 20.3. The van der Waals surface area contributed by atoms with E-state index in [2.05, 4.69) is 143 Å². The zero-order valence-electron chi connectivity index (χ0n) is 43.8. The van der Waals surface area contributed by atoms with Crippen molar-refractivity contribution in [1.82, 2.24) is 43.4 Å². The van der Waals surface area contributed by atoms with E-state index in [4.69, 9.17) is 10.1 Å². The van der Waals surface area contributed by atoms with Crippen LogP contribution in [0.5, 0.6) is 0 Å². The average Bonchev–Trinajstić information content (AvgIpc) is 4.10. The van der Waals surface area contributed by atoms with Crippen molar-refractivity contribution in [2.45, 2.75) is 90.4 Å². The maximum atomic E-state index is 11.4. The molecule has 0 spiro atoms. The van der Waals surface area contributed by atoms with Gasteiger partial charge in [0.05, 0.1) is 31.1 Å². The van der Waals surface area contributed by atoms with Gasteiger partial charge in [-0.3, -0.25) is 14.4 Å². The molecule has 0 atom stereocenters. The molecule has 15 nitrogen and oxygen atoms in total. The van der Waals surface area contributed by atoms with Crippen molar-refractivity contribution in [3.63, 3.8) is 0 Å². The van der Waals surface area contributed by atoms with Gasteiger partial charge in [-0.05, 0) is 112 Å². The van der Waals surface area contributed by atoms with Gasteiger partial charge >= 0.3 is 5.97 Å². The Hall–Kier alpha value is -7.04. The van der Waals surface area contributed by atoms with E-state index in [-0.39, 0.29) is 29.0 Å². The van der Waals surface area contributed by atoms with Crippen LogP contribution in [0.25, 0.3) is 16.7 Å². The lowest BCUT2D eigenvalue weighted by Crippen LogP contribution is -2.27. The van der Waals surface area contributed by atoms with Gasteiger partial charge in [-0.2, -0.15) is 0 Å². The average molecular weight is 1020 g/mol. The normalized spacial score (nSPS) is 17.5. The van der Waals surface area contributed by atoms with E-state index in [1.54, 1.807) is 11.8 Å². The van der Waals surface area contributed by atoms with Gasteiger partial charge in [0, 0.05) is 90.9 Å². The minimum Gasteiger partial charge on any atom is -0.481 e. The fraction of sp³-hybridized carbons (Fsp3) is 0.400. The zero-order valence-corrected chi connectivity index (χ0v) is 43.8. The number of likely N-dealkylation sites (tertiary alicyclic amines) is 3. The van der Waals surface area contributed by atoms with Crippen LogP contribution in [0.2, 0.25) is 0 Å². The van der Waals surface area contributed by atoms with Gasteiger partial charge < -0.3 is 43.4 Å². The highest BCUT2D eigenvalue weighted by Gasteiger charge is 2.28. The molecule has 3 fully saturated rings. The van der Waals surface area contributed by atoms with E-state index < -0.39 is 5.97 Å². The maximum Gasteiger partial charge on any atom is 0.306 e. The molecule has 9 heterocycles. The number of rotatable bonds is 6. The summed E-state index contributed by atoms with van der Waals surface area (Å²) < 4.78 is 10.7. The van der Waals surface area contributed by atoms with Gasteiger partial charge in [-0.25, -0.2) is 15.0 Å². The van der Waals surface area contributed by atoms with Gasteiger partial charge in [0.15, 0.2) is 6.29 Å². The van der Waals surface area contributed by atoms with Crippen molar-refractivity contribution < 1.29 is 32.2 Å². The summed E-state index contributed by atoms with van der Waals surface area (Å²) in [6.07, 6.45) is 18.1. The van der Waals surface area contributed by atoms with Gasteiger partial charge in [0.25, 0.3) is 6.47 Å². The summed E-state index contributed by atoms with van der Waals surface area (Å²) in [4.78, 5) is 51.6. The number of aldehydes is 1. The standard InChI is InChI=1S/C19H23N3O.C19H21N3O.C18H21N3.C4H6O4.2H2/c2*1-21-9-6-15(7-10-21)18-17-5-3-2-4-14(17)8-11-22-16(13-23)12-20-19(18)22;1-20-10-6-15(7-11-20)17-16-5-3-2-4-14(16)8-12-21-13-9-19-18(17)21;5-3-8-2-1-4(6)7;;/h2-5,12,23H,6-11,13H2,1H3;2-5,12-13H,6-11H2,1H3;2-5,9,13H,6-8,10-12H2,1H3;3H,1-2H2,(H,6,7);2*1H/i;;;;2*1+1. The quantitative estimate of drug-likeness (QED) is 0.121. The fourth-order valence-corrected chi connectivity index (χ4v) is 11.3. The van der Waals surface area contributed by atoms with Crippen LogP contribution in [0.15, 0.2) is 114 Å². The van der Waals surface area contributed by atoms with Crippen LogP contribution in [0.3, 0.4) is 0 Å². The van der Waals surface area contributed by atoms with E-state index in [0.717, 1.165) is 140 Å². The van der Waals surface area contributed by atoms with E-state index in [0.29, 0.717) is 5.69 Å². The number of aliphatic carboxylic acids is 1. The Kier molecular flexibility index (Phi) is 17.6.